The maximum atomic E-state index is 11.7. The molecule has 6 heteroatoms. The normalized spacial score (nSPS) is 18.1. The second-order valence-corrected chi connectivity index (χ2v) is 5.97. The molecular weight excluding hydrogens is 318 g/mol. The molecule has 0 aliphatic carbocycles. The summed E-state index contributed by atoms with van der Waals surface area (Å²) in [4.78, 5) is 25.9. The Kier molecular flexibility index (Phi) is 5.47. The number of nitrogens with zero attached hydrogens (tertiary/aromatic N) is 1. The molecule has 0 N–H and O–H groups in total. The quantitative estimate of drug-likeness (QED) is 0.336. The van der Waals surface area contributed by atoms with Crippen molar-refractivity contribution in [3.63, 3.8) is 0 Å². The summed E-state index contributed by atoms with van der Waals surface area (Å²) in [6.45, 7) is 7.45. The highest BCUT2D eigenvalue weighted by atomic mass is 79.9. The lowest BCUT2D eigenvalue weighted by atomic mass is 10.1. The van der Waals surface area contributed by atoms with Crippen LogP contribution in [0.3, 0.4) is 0 Å². The zero-order valence-corrected chi connectivity index (χ0v) is 13.1. The number of ether oxygens (including phenoxy) is 1. The Morgan fingerprint density at radius 1 is 1.61 bits per heavy atom. The highest BCUT2D eigenvalue weighted by Gasteiger charge is 2.42. The average molecular weight is 334 g/mol. The Balaban J connectivity index is 2.91. The van der Waals surface area contributed by atoms with Gasteiger partial charge in [-0.2, -0.15) is 0 Å². The van der Waals surface area contributed by atoms with Crippen LogP contribution in [-0.4, -0.2) is 34.6 Å². The summed E-state index contributed by atoms with van der Waals surface area (Å²) in [5.41, 5.74) is 1.11. The fraction of sp³-hybridized carbons (Fsp3) is 0.500. The van der Waals surface area contributed by atoms with Crippen molar-refractivity contribution < 1.29 is 14.3 Å². The molecule has 0 aromatic carbocycles. The van der Waals surface area contributed by atoms with Gasteiger partial charge in [-0.3, -0.25) is 9.69 Å². The molecule has 0 bridgehead atoms. The lowest BCUT2D eigenvalue weighted by molar-refractivity contribution is -0.147. The molecule has 0 aromatic heterocycles. The Bertz CT molecular complexity index is 416. The van der Waals surface area contributed by atoms with Crippen molar-refractivity contribution in [3.05, 3.63) is 22.8 Å². The van der Waals surface area contributed by atoms with Crippen LogP contribution in [0, 0.1) is 0 Å². The van der Waals surface area contributed by atoms with E-state index >= 15 is 0 Å². The first-order valence-electron chi connectivity index (χ1n) is 5.40. The van der Waals surface area contributed by atoms with Gasteiger partial charge >= 0.3 is 5.97 Å². The van der Waals surface area contributed by atoms with Gasteiger partial charge in [0.1, 0.15) is 5.70 Å². The number of hydrogen-bond donors (Lipinski definition) is 0. The van der Waals surface area contributed by atoms with Crippen molar-refractivity contribution in [3.8, 4) is 0 Å². The van der Waals surface area contributed by atoms with Crippen LogP contribution in [0.2, 0.25) is 0 Å². The molecule has 1 amide bonds. The number of hydrogen-bond acceptors (Lipinski definition) is 4. The fourth-order valence-corrected chi connectivity index (χ4v) is 3.01. The highest BCUT2D eigenvalue weighted by molar-refractivity contribution is 9.09. The first-order valence-corrected chi connectivity index (χ1v) is 7.40. The minimum Gasteiger partial charge on any atom is -0.464 e. The van der Waals surface area contributed by atoms with Crippen molar-refractivity contribution in [1.82, 2.24) is 4.90 Å². The van der Waals surface area contributed by atoms with Gasteiger partial charge in [0, 0.05) is 5.33 Å². The van der Waals surface area contributed by atoms with E-state index in [0.29, 0.717) is 17.4 Å². The minimum absolute atomic E-state index is 0.0588. The summed E-state index contributed by atoms with van der Waals surface area (Å²) in [5.74, 6) is -0.533. The summed E-state index contributed by atoms with van der Waals surface area (Å²) >= 11 is 4.81. The number of methoxy groups -OCH3 is 1. The van der Waals surface area contributed by atoms with Crippen molar-refractivity contribution in [2.45, 2.75) is 25.6 Å². The van der Waals surface area contributed by atoms with E-state index < -0.39 is 5.97 Å². The van der Waals surface area contributed by atoms with Gasteiger partial charge in [-0.15, -0.1) is 11.8 Å². The molecule has 0 radical (unpaired) electrons. The molecule has 100 valence electrons. The number of esters is 1. The molecule has 1 aliphatic heterocycles. The van der Waals surface area contributed by atoms with Crippen molar-refractivity contribution in [1.29, 1.82) is 0 Å². The molecule has 18 heavy (non-hydrogen) atoms. The Morgan fingerprint density at radius 2 is 2.22 bits per heavy atom. The number of carbonyl (C=O) groups is 2. The van der Waals surface area contributed by atoms with Crippen molar-refractivity contribution in [2.75, 3.05) is 12.4 Å². The number of likely N-dealkylation sites (tertiary alicyclic amines) is 1. The Hall–Kier alpha value is -0.750. The Morgan fingerprint density at radius 3 is 2.61 bits per heavy atom. The number of amides is 1. The van der Waals surface area contributed by atoms with Crippen LogP contribution < -0.4 is 0 Å². The van der Waals surface area contributed by atoms with E-state index in [1.807, 2.05) is 0 Å². The fourth-order valence-electron chi connectivity index (χ4n) is 1.61. The lowest BCUT2D eigenvalue weighted by Crippen LogP contribution is -2.51. The van der Waals surface area contributed by atoms with Gasteiger partial charge < -0.3 is 4.74 Å². The predicted molar refractivity (Wildman–Crippen MR) is 76.2 cm³/mol. The van der Waals surface area contributed by atoms with E-state index in [1.54, 1.807) is 13.8 Å². The average Bonchev–Trinajstić information content (AvgIpc) is 2.33. The molecular formula is C12H16BrNO3S. The van der Waals surface area contributed by atoms with Gasteiger partial charge in [0.2, 0.25) is 5.91 Å². The topological polar surface area (TPSA) is 46.6 Å². The lowest BCUT2D eigenvalue weighted by Gasteiger charge is -2.40. The third-order valence-electron chi connectivity index (χ3n) is 2.45. The second-order valence-electron chi connectivity index (χ2n) is 4.05. The van der Waals surface area contributed by atoms with Crippen LogP contribution in [0.15, 0.2) is 22.8 Å². The monoisotopic (exact) mass is 333 g/mol. The van der Waals surface area contributed by atoms with E-state index in [-0.39, 0.29) is 11.3 Å². The van der Waals surface area contributed by atoms with Crippen LogP contribution in [0.5, 0.6) is 0 Å². The van der Waals surface area contributed by atoms with Gasteiger partial charge in [-0.1, -0.05) is 22.5 Å². The molecule has 4 nitrogen and oxygen atoms in total. The number of β-lactam (4-membered cyclic amide) rings is 1. The van der Waals surface area contributed by atoms with E-state index in [9.17, 15) is 9.59 Å². The highest BCUT2D eigenvalue weighted by Crippen LogP contribution is 2.38. The molecule has 0 unspecified atom stereocenters. The van der Waals surface area contributed by atoms with Gasteiger partial charge in [0.05, 0.1) is 18.9 Å². The number of carbonyl (C=O) groups excluding carboxylic acids is 2. The third kappa shape index (κ3) is 3.17. The number of rotatable bonds is 5. The number of thioether (sulfide) groups is 1. The van der Waals surface area contributed by atoms with Crippen LogP contribution in [-0.2, 0) is 14.3 Å². The smallest absolute Gasteiger partial charge is 0.354 e. The van der Waals surface area contributed by atoms with E-state index in [1.165, 1.54) is 23.8 Å². The van der Waals surface area contributed by atoms with Crippen LogP contribution >= 0.6 is 27.7 Å². The zero-order chi connectivity index (χ0) is 13.9. The van der Waals surface area contributed by atoms with Gasteiger partial charge in [0.25, 0.3) is 0 Å². The number of alkyl halides is 1. The standard InChI is InChI=1S/C12H16BrNO3S/c1-7(2)11(12(16)17-4)14-9(15)5-10(14)18-8(3)6-13/h10H,3,5-6H2,1-2,4H3/t10-/m1/s1. The molecule has 0 spiro atoms. The first kappa shape index (κ1) is 15.3. The van der Waals surface area contributed by atoms with Crippen LogP contribution in [0.4, 0.5) is 0 Å². The summed E-state index contributed by atoms with van der Waals surface area (Å²) in [6, 6.07) is 0. The molecule has 1 heterocycles. The minimum atomic E-state index is -0.474. The number of allylic oxidation sites excluding steroid dienone is 2. The summed E-state index contributed by atoms with van der Waals surface area (Å²) in [6.07, 6.45) is 0.421. The van der Waals surface area contributed by atoms with Gasteiger partial charge in [0.15, 0.2) is 0 Å². The predicted octanol–water partition coefficient (Wildman–Crippen LogP) is 2.65. The Labute approximate surface area is 120 Å². The summed E-state index contributed by atoms with van der Waals surface area (Å²) in [7, 11) is 1.31. The van der Waals surface area contributed by atoms with E-state index in [2.05, 4.69) is 22.5 Å². The maximum Gasteiger partial charge on any atom is 0.354 e. The van der Waals surface area contributed by atoms with Crippen LogP contribution in [0.25, 0.3) is 0 Å². The molecule has 1 rings (SSSR count). The van der Waals surface area contributed by atoms with Crippen molar-refractivity contribution in [2.24, 2.45) is 0 Å². The van der Waals surface area contributed by atoms with Gasteiger partial charge in [-0.25, -0.2) is 4.79 Å². The molecule has 0 aromatic rings. The zero-order valence-electron chi connectivity index (χ0n) is 10.7. The van der Waals surface area contributed by atoms with E-state index in [0.717, 1.165) is 10.5 Å². The molecule has 1 saturated heterocycles. The van der Waals surface area contributed by atoms with Crippen LogP contribution in [0.1, 0.15) is 20.3 Å². The van der Waals surface area contributed by atoms with Crippen molar-refractivity contribution >= 4 is 39.6 Å². The molecule has 1 fully saturated rings. The molecule has 0 saturated carbocycles. The number of halogens is 1. The third-order valence-corrected chi connectivity index (χ3v) is 4.63. The molecule has 1 aliphatic rings. The molecule has 1 atom stereocenters. The van der Waals surface area contributed by atoms with Gasteiger partial charge in [-0.05, 0) is 24.3 Å². The summed E-state index contributed by atoms with van der Waals surface area (Å²) in [5, 5.41) is 0.602. The maximum absolute atomic E-state index is 11.7. The first-order chi connectivity index (χ1) is 8.42. The summed E-state index contributed by atoms with van der Waals surface area (Å²) < 4.78 is 4.73. The second kappa shape index (κ2) is 6.43. The largest absolute Gasteiger partial charge is 0.464 e. The SMILES string of the molecule is C=C(CBr)S[C@@H]1CC(=O)N1C(C(=O)OC)=C(C)C. The van der Waals surface area contributed by atoms with E-state index in [4.69, 9.17) is 4.74 Å².